The number of halogens is 1. The zero-order valence-electron chi connectivity index (χ0n) is 19.3. The number of aromatic hydroxyl groups is 1. The van der Waals surface area contributed by atoms with Gasteiger partial charge in [0, 0.05) is 39.2 Å². The molecule has 0 unspecified atom stereocenters. The van der Waals surface area contributed by atoms with Crippen LogP contribution in [0, 0.1) is 5.82 Å². The molecule has 2 N–H and O–H groups in total. The third-order valence-corrected chi connectivity index (χ3v) is 5.94. The Hall–Kier alpha value is -4.08. The maximum absolute atomic E-state index is 15.0. The predicted octanol–water partition coefficient (Wildman–Crippen LogP) is 2.35. The molecule has 2 aliphatic rings. The van der Waals surface area contributed by atoms with Crippen LogP contribution in [0.25, 0.3) is 6.08 Å². The summed E-state index contributed by atoms with van der Waals surface area (Å²) in [5, 5.41) is 11.9. The molecule has 0 saturated carbocycles. The average Bonchev–Trinajstić information content (AvgIpc) is 3.22. The molecule has 0 aromatic heterocycles. The second kappa shape index (κ2) is 10.5. The van der Waals surface area contributed by atoms with Gasteiger partial charge < -0.3 is 25.0 Å². The number of rotatable bonds is 6. The van der Waals surface area contributed by atoms with Crippen LogP contribution in [0.5, 0.6) is 5.75 Å². The molecule has 2 aromatic carbocycles. The van der Waals surface area contributed by atoms with E-state index in [0.717, 1.165) is 5.56 Å². The summed E-state index contributed by atoms with van der Waals surface area (Å²) in [6.45, 7) is 3.64. The minimum atomic E-state index is -0.583. The summed E-state index contributed by atoms with van der Waals surface area (Å²) in [7, 11) is 0. The van der Waals surface area contributed by atoms with Crippen molar-refractivity contribution < 1.29 is 28.6 Å². The van der Waals surface area contributed by atoms with E-state index >= 15 is 0 Å². The molecule has 0 radical (unpaired) electrons. The molecule has 2 aliphatic heterocycles. The Labute approximate surface area is 202 Å². The molecular weight excluding hydrogens is 455 g/mol. The third-order valence-electron chi connectivity index (χ3n) is 5.94. The highest BCUT2D eigenvalue weighted by atomic mass is 19.1. The van der Waals surface area contributed by atoms with Crippen LogP contribution in [-0.2, 0) is 14.3 Å². The summed E-state index contributed by atoms with van der Waals surface area (Å²) in [5.41, 5.74) is 1.60. The topological polar surface area (TPSA) is 102 Å². The first kappa shape index (κ1) is 24.1. The highest BCUT2D eigenvalue weighted by Gasteiger charge is 2.33. The molecule has 1 atom stereocenters. The van der Waals surface area contributed by atoms with E-state index in [1.165, 1.54) is 24.0 Å². The van der Waals surface area contributed by atoms with E-state index in [2.05, 4.69) is 5.32 Å². The highest BCUT2D eigenvalue weighted by molar-refractivity contribution is 5.92. The van der Waals surface area contributed by atoms with Gasteiger partial charge in [0.1, 0.15) is 17.7 Å². The molecule has 2 heterocycles. The monoisotopic (exact) mass is 482 g/mol. The molecule has 0 spiro atoms. The number of carbonyl (C=O) groups is 3. The summed E-state index contributed by atoms with van der Waals surface area (Å²) in [5.74, 6) is -0.649. The van der Waals surface area contributed by atoms with Crippen LogP contribution in [0.4, 0.5) is 20.6 Å². The van der Waals surface area contributed by atoms with Gasteiger partial charge in [0.2, 0.25) is 11.8 Å². The van der Waals surface area contributed by atoms with Crippen molar-refractivity contribution in [3.05, 3.63) is 59.9 Å². The van der Waals surface area contributed by atoms with Crippen molar-refractivity contribution in [1.82, 2.24) is 10.2 Å². The lowest BCUT2D eigenvalue weighted by Gasteiger charge is -2.36. The fraction of sp³-hybridized carbons (Fsp3) is 0.320. The maximum atomic E-state index is 15.0. The van der Waals surface area contributed by atoms with Crippen molar-refractivity contribution in [2.45, 2.75) is 13.0 Å². The van der Waals surface area contributed by atoms with Crippen molar-refractivity contribution in [2.24, 2.45) is 0 Å². The summed E-state index contributed by atoms with van der Waals surface area (Å²) < 4.78 is 20.2. The number of anilines is 2. The molecular formula is C25H27FN4O5. The number of benzene rings is 2. The Kier molecular flexibility index (Phi) is 7.19. The largest absolute Gasteiger partial charge is 0.508 e. The van der Waals surface area contributed by atoms with E-state index in [9.17, 15) is 23.9 Å². The normalized spacial score (nSPS) is 18.2. The van der Waals surface area contributed by atoms with E-state index < -0.39 is 18.0 Å². The minimum Gasteiger partial charge on any atom is -0.508 e. The number of piperazine rings is 1. The van der Waals surface area contributed by atoms with Crippen LogP contribution in [0.15, 0.2) is 48.5 Å². The van der Waals surface area contributed by atoms with E-state index in [1.54, 1.807) is 47.4 Å². The van der Waals surface area contributed by atoms with Gasteiger partial charge in [-0.25, -0.2) is 9.18 Å². The van der Waals surface area contributed by atoms with Crippen LogP contribution in [0.2, 0.25) is 0 Å². The summed E-state index contributed by atoms with van der Waals surface area (Å²) in [6, 6.07) is 11.1. The summed E-state index contributed by atoms with van der Waals surface area (Å²) in [6.07, 6.45) is 2.10. The predicted molar refractivity (Wildman–Crippen MR) is 129 cm³/mol. The first-order valence-electron chi connectivity index (χ1n) is 11.3. The summed E-state index contributed by atoms with van der Waals surface area (Å²) >= 11 is 0. The second-order valence-corrected chi connectivity index (χ2v) is 8.43. The zero-order chi connectivity index (χ0) is 24.9. The van der Waals surface area contributed by atoms with Crippen LogP contribution in [-0.4, -0.2) is 73.3 Å². The van der Waals surface area contributed by atoms with Gasteiger partial charge in [0.15, 0.2) is 0 Å². The van der Waals surface area contributed by atoms with E-state index in [4.69, 9.17) is 4.74 Å². The van der Waals surface area contributed by atoms with Crippen molar-refractivity contribution >= 4 is 35.4 Å². The zero-order valence-corrected chi connectivity index (χ0v) is 19.3. The standard InChI is InChI=1S/C25H27FN4O5/c1-17(31)27-15-21-16-30(25(34)35-21)19-5-8-23(22(26)14-19)28-10-12-29(13-11-28)24(33)9-4-18-2-6-20(32)7-3-18/h2-9,14,21,32H,10-13,15-16H2,1H3,(H,27,31)/b9-4+/t21-/m0/s1. The number of phenols is 1. The maximum Gasteiger partial charge on any atom is 0.414 e. The number of phenolic OH excluding ortho intramolecular Hbond substituents is 1. The van der Waals surface area contributed by atoms with Gasteiger partial charge in [-0.05, 0) is 42.0 Å². The highest BCUT2D eigenvalue weighted by Crippen LogP contribution is 2.28. The first-order chi connectivity index (χ1) is 16.8. The Morgan fingerprint density at radius 1 is 1.14 bits per heavy atom. The molecule has 35 heavy (non-hydrogen) atoms. The fourth-order valence-electron chi connectivity index (χ4n) is 4.04. The van der Waals surface area contributed by atoms with Crippen LogP contribution >= 0.6 is 0 Å². The van der Waals surface area contributed by atoms with Crippen molar-refractivity contribution in [2.75, 3.05) is 49.1 Å². The number of ether oxygens (including phenoxy) is 1. The average molecular weight is 483 g/mol. The quantitative estimate of drug-likeness (QED) is 0.613. The van der Waals surface area contributed by atoms with Crippen LogP contribution < -0.4 is 15.1 Å². The van der Waals surface area contributed by atoms with Gasteiger partial charge in [0.05, 0.1) is 24.5 Å². The van der Waals surface area contributed by atoms with Gasteiger partial charge in [-0.15, -0.1) is 0 Å². The fourth-order valence-corrected chi connectivity index (χ4v) is 4.04. The van der Waals surface area contributed by atoms with Gasteiger partial charge in [-0.2, -0.15) is 0 Å². The third kappa shape index (κ3) is 5.89. The lowest BCUT2D eigenvalue weighted by molar-refractivity contribution is -0.126. The molecule has 10 heteroatoms. The number of nitrogens with one attached hydrogen (secondary N) is 1. The lowest BCUT2D eigenvalue weighted by Crippen LogP contribution is -2.48. The van der Waals surface area contributed by atoms with Crippen molar-refractivity contribution in [3.8, 4) is 5.75 Å². The molecule has 184 valence electrons. The van der Waals surface area contributed by atoms with Crippen molar-refractivity contribution in [1.29, 1.82) is 0 Å². The van der Waals surface area contributed by atoms with E-state index in [-0.39, 0.29) is 30.7 Å². The molecule has 4 rings (SSSR count). The molecule has 0 bridgehead atoms. The van der Waals surface area contributed by atoms with E-state index in [1.807, 2.05) is 4.90 Å². The number of amides is 3. The lowest BCUT2D eigenvalue weighted by atomic mass is 10.2. The minimum absolute atomic E-state index is 0.130. The summed E-state index contributed by atoms with van der Waals surface area (Å²) in [4.78, 5) is 40.7. The number of cyclic esters (lactones) is 1. The Bertz CT molecular complexity index is 1130. The Morgan fingerprint density at radius 2 is 1.86 bits per heavy atom. The Morgan fingerprint density at radius 3 is 2.51 bits per heavy atom. The molecule has 2 saturated heterocycles. The molecule has 0 aliphatic carbocycles. The van der Waals surface area contributed by atoms with Gasteiger partial charge in [-0.1, -0.05) is 12.1 Å². The van der Waals surface area contributed by atoms with Crippen molar-refractivity contribution in [3.63, 3.8) is 0 Å². The number of nitrogens with zero attached hydrogens (tertiary/aromatic N) is 3. The smallest absolute Gasteiger partial charge is 0.414 e. The number of carbonyl (C=O) groups excluding carboxylic acids is 3. The van der Waals surface area contributed by atoms with Crippen LogP contribution in [0.1, 0.15) is 12.5 Å². The second-order valence-electron chi connectivity index (χ2n) is 8.43. The molecule has 3 amide bonds. The van der Waals surface area contributed by atoms with Gasteiger partial charge in [-0.3, -0.25) is 14.5 Å². The Balaban J connectivity index is 1.33. The van der Waals surface area contributed by atoms with Gasteiger partial charge in [0.25, 0.3) is 0 Å². The van der Waals surface area contributed by atoms with E-state index in [0.29, 0.717) is 37.6 Å². The number of hydrogen-bond acceptors (Lipinski definition) is 6. The molecule has 9 nitrogen and oxygen atoms in total. The number of hydrogen-bond donors (Lipinski definition) is 2. The molecule has 2 fully saturated rings. The van der Waals surface area contributed by atoms with Gasteiger partial charge >= 0.3 is 6.09 Å². The molecule has 2 aromatic rings. The first-order valence-corrected chi connectivity index (χ1v) is 11.3. The van der Waals surface area contributed by atoms with Crippen LogP contribution in [0.3, 0.4) is 0 Å². The SMILES string of the molecule is CC(=O)NC[C@H]1CN(c2ccc(N3CCN(C(=O)/C=C/c4ccc(O)cc4)CC3)c(F)c2)C(=O)O1.